The van der Waals surface area contributed by atoms with E-state index in [-0.39, 0.29) is 5.78 Å². The quantitative estimate of drug-likeness (QED) is 0.586. The largest absolute Gasteiger partial charge is 0.372 e. The molecule has 1 atom stereocenters. The summed E-state index contributed by atoms with van der Waals surface area (Å²) in [6, 6.07) is 17.5. The predicted molar refractivity (Wildman–Crippen MR) is 119 cm³/mol. The highest BCUT2D eigenvalue weighted by Gasteiger charge is 2.43. The van der Waals surface area contributed by atoms with Crippen LogP contribution in [0, 0.1) is 0 Å². The Bertz CT molecular complexity index is 1030. The lowest BCUT2D eigenvalue weighted by Crippen LogP contribution is -2.61. The molecule has 0 saturated carbocycles. The van der Waals surface area contributed by atoms with E-state index in [0.29, 0.717) is 0 Å². The number of ketones is 1. The maximum absolute atomic E-state index is 12.3. The summed E-state index contributed by atoms with van der Waals surface area (Å²) in [4.78, 5) is 19.7. The number of benzene rings is 2. The van der Waals surface area contributed by atoms with Gasteiger partial charge in [0.05, 0.1) is 11.4 Å². The molecule has 1 unspecified atom stereocenters. The van der Waals surface area contributed by atoms with E-state index in [1.165, 1.54) is 35.3 Å². The van der Waals surface area contributed by atoms with Crippen molar-refractivity contribution in [3.05, 3.63) is 72.0 Å². The first-order chi connectivity index (χ1) is 13.7. The molecule has 1 fully saturated rings. The monoisotopic (exact) mass is 384 g/mol. The van der Waals surface area contributed by atoms with Gasteiger partial charge in [-0.15, -0.1) is 0 Å². The van der Waals surface area contributed by atoms with Crippen LogP contribution in [0.15, 0.2) is 76.9 Å². The van der Waals surface area contributed by atoms with E-state index in [1.54, 1.807) is 6.08 Å². The summed E-state index contributed by atoms with van der Waals surface area (Å²) in [5.74, 6) is 0.0687. The second kappa shape index (κ2) is 6.71. The standard InChI is InChI=1S/C24H24N2OSi/c1-28(20-8-4-2-5-9-20)23-16-18(26-14-6-3-7-15-26)10-12-21(23)25-22-13-11-19(27)17-24(22)28/h2,4-5,8-13,16-17H,3,6-7,14-15H2,1H3. The summed E-state index contributed by atoms with van der Waals surface area (Å²) in [5, 5.41) is 3.78. The van der Waals surface area contributed by atoms with Crippen LogP contribution in [0.25, 0.3) is 0 Å². The van der Waals surface area contributed by atoms with Crippen molar-refractivity contribution >= 4 is 41.3 Å². The highest BCUT2D eigenvalue weighted by molar-refractivity contribution is 7.10. The molecule has 1 saturated heterocycles. The summed E-state index contributed by atoms with van der Waals surface area (Å²) >= 11 is 0. The molecule has 140 valence electrons. The predicted octanol–water partition coefficient (Wildman–Crippen LogP) is 3.56. The van der Waals surface area contributed by atoms with Crippen LogP contribution in [-0.4, -0.2) is 32.7 Å². The van der Waals surface area contributed by atoms with Gasteiger partial charge in [0.25, 0.3) is 0 Å². The summed E-state index contributed by atoms with van der Waals surface area (Å²) in [6.45, 7) is 4.62. The molecule has 0 amide bonds. The van der Waals surface area contributed by atoms with Gasteiger partial charge in [-0.25, -0.2) is 4.99 Å². The SMILES string of the molecule is C[Si]1(c2ccccc2)C2=CC(=O)C=CC2=Nc2ccc(N3CCCCC3)cc21. The van der Waals surface area contributed by atoms with Crippen LogP contribution in [0.3, 0.4) is 0 Å². The first-order valence-electron chi connectivity index (χ1n) is 10.1. The number of carbonyl (C=O) groups is 1. The Kier molecular flexibility index (Phi) is 4.16. The third-order valence-corrected chi connectivity index (χ3v) is 10.8. The van der Waals surface area contributed by atoms with Crippen molar-refractivity contribution in [1.82, 2.24) is 0 Å². The lowest BCUT2D eigenvalue weighted by atomic mass is 10.1. The molecule has 1 aliphatic carbocycles. The van der Waals surface area contributed by atoms with Crippen molar-refractivity contribution < 1.29 is 4.79 Å². The molecule has 3 nitrogen and oxygen atoms in total. The summed E-state index contributed by atoms with van der Waals surface area (Å²) in [7, 11) is -2.30. The Balaban J connectivity index is 1.73. The molecular weight excluding hydrogens is 360 g/mol. The van der Waals surface area contributed by atoms with Crippen LogP contribution in [0.2, 0.25) is 6.55 Å². The van der Waals surface area contributed by atoms with Gasteiger partial charge in [-0.2, -0.15) is 0 Å². The van der Waals surface area contributed by atoms with Gasteiger partial charge in [0.15, 0.2) is 13.9 Å². The molecule has 3 aliphatic rings. The number of fused-ring (bicyclic) bond motifs is 2. The average molecular weight is 385 g/mol. The minimum atomic E-state index is -2.30. The van der Waals surface area contributed by atoms with Crippen molar-refractivity contribution in [2.75, 3.05) is 18.0 Å². The van der Waals surface area contributed by atoms with Gasteiger partial charge >= 0.3 is 0 Å². The number of hydrogen-bond donors (Lipinski definition) is 0. The van der Waals surface area contributed by atoms with Gasteiger partial charge in [-0.05, 0) is 71.3 Å². The molecule has 0 bridgehead atoms. The molecule has 2 aromatic rings. The number of nitrogens with zero attached hydrogens (tertiary/aromatic N) is 2. The van der Waals surface area contributed by atoms with E-state index >= 15 is 0 Å². The average Bonchev–Trinajstić information content (AvgIpc) is 2.75. The van der Waals surface area contributed by atoms with E-state index in [0.717, 1.165) is 29.7 Å². The minimum Gasteiger partial charge on any atom is -0.372 e. The molecule has 2 aromatic carbocycles. The van der Waals surface area contributed by atoms with Crippen molar-refractivity contribution in [2.45, 2.75) is 25.8 Å². The van der Waals surface area contributed by atoms with Crippen molar-refractivity contribution in [2.24, 2.45) is 4.99 Å². The van der Waals surface area contributed by atoms with Crippen LogP contribution in [-0.2, 0) is 4.79 Å². The molecule has 0 radical (unpaired) electrons. The van der Waals surface area contributed by atoms with Gasteiger partial charge < -0.3 is 4.90 Å². The van der Waals surface area contributed by atoms with Crippen LogP contribution in [0.5, 0.6) is 0 Å². The number of allylic oxidation sites excluding steroid dienone is 4. The van der Waals surface area contributed by atoms with E-state index in [1.807, 2.05) is 12.2 Å². The molecule has 4 heteroatoms. The summed E-state index contributed by atoms with van der Waals surface area (Å²) < 4.78 is 0. The third kappa shape index (κ3) is 2.71. The minimum absolute atomic E-state index is 0.0687. The van der Waals surface area contributed by atoms with E-state index in [9.17, 15) is 4.79 Å². The molecule has 2 aliphatic heterocycles. The fourth-order valence-corrected chi connectivity index (χ4v) is 8.68. The highest BCUT2D eigenvalue weighted by atomic mass is 28.3. The molecule has 0 N–H and O–H groups in total. The number of rotatable bonds is 2. The number of piperidine rings is 1. The number of anilines is 1. The number of carbonyl (C=O) groups excluding carboxylic acids is 1. The van der Waals surface area contributed by atoms with E-state index in [4.69, 9.17) is 4.99 Å². The first-order valence-corrected chi connectivity index (χ1v) is 12.6. The Hall–Kier alpha value is -2.72. The zero-order valence-electron chi connectivity index (χ0n) is 16.2. The maximum Gasteiger partial charge on any atom is 0.178 e. The van der Waals surface area contributed by atoms with Crippen molar-refractivity contribution in [3.8, 4) is 0 Å². The topological polar surface area (TPSA) is 32.7 Å². The molecular formula is C24H24N2OSi. The lowest BCUT2D eigenvalue weighted by Gasteiger charge is -2.38. The summed E-state index contributed by atoms with van der Waals surface area (Å²) in [6.07, 6.45) is 9.21. The van der Waals surface area contributed by atoms with Gasteiger partial charge in [-0.3, -0.25) is 4.79 Å². The van der Waals surface area contributed by atoms with E-state index < -0.39 is 8.07 Å². The Morgan fingerprint density at radius 3 is 2.54 bits per heavy atom. The Morgan fingerprint density at radius 2 is 1.75 bits per heavy atom. The number of aliphatic imine (C=N–C) groups is 1. The van der Waals surface area contributed by atoms with E-state index in [2.05, 4.69) is 60.0 Å². The van der Waals surface area contributed by atoms with Crippen LogP contribution >= 0.6 is 0 Å². The molecule has 2 heterocycles. The van der Waals surface area contributed by atoms with Gasteiger partial charge in [-0.1, -0.05) is 36.9 Å². The normalized spacial score (nSPS) is 23.6. The van der Waals surface area contributed by atoms with Crippen LogP contribution in [0.1, 0.15) is 19.3 Å². The second-order valence-electron chi connectivity index (χ2n) is 8.03. The van der Waals surface area contributed by atoms with Crippen LogP contribution < -0.4 is 15.3 Å². The highest BCUT2D eigenvalue weighted by Crippen LogP contribution is 2.33. The summed E-state index contributed by atoms with van der Waals surface area (Å²) in [5.41, 5.74) is 3.31. The van der Waals surface area contributed by atoms with Gasteiger partial charge in [0.1, 0.15) is 0 Å². The molecule has 0 aromatic heterocycles. The maximum atomic E-state index is 12.3. The first kappa shape index (κ1) is 17.4. The smallest absolute Gasteiger partial charge is 0.178 e. The zero-order valence-corrected chi connectivity index (χ0v) is 17.2. The van der Waals surface area contributed by atoms with Gasteiger partial charge in [0.2, 0.25) is 0 Å². The Morgan fingerprint density at radius 1 is 0.964 bits per heavy atom. The van der Waals surface area contributed by atoms with Crippen LogP contribution in [0.4, 0.5) is 11.4 Å². The molecule has 5 rings (SSSR count). The molecule has 0 spiro atoms. The molecule has 28 heavy (non-hydrogen) atoms. The lowest BCUT2D eigenvalue weighted by molar-refractivity contribution is -0.110. The van der Waals surface area contributed by atoms with Gasteiger partial charge in [0, 0.05) is 18.8 Å². The zero-order chi connectivity index (χ0) is 19.1. The second-order valence-corrected chi connectivity index (χ2v) is 11.9. The fraction of sp³-hybridized carbons (Fsp3) is 0.250. The Labute approximate surface area is 167 Å². The van der Waals surface area contributed by atoms with Crippen molar-refractivity contribution in [1.29, 1.82) is 0 Å². The number of hydrogen-bond acceptors (Lipinski definition) is 3. The van der Waals surface area contributed by atoms with Crippen molar-refractivity contribution in [3.63, 3.8) is 0 Å². The fourth-order valence-electron chi connectivity index (χ4n) is 4.74. The third-order valence-electron chi connectivity index (χ3n) is 6.34.